The van der Waals surface area contributed by atoms with Gasteiger partial charge in [-0.1, -0.05) is 18.2 Å². The van der Waals surface area contributed by atoms with E-state index in [0.29, 0.717) is 0 Å². The molecule has 1 aromatic heterocycles. The van der Waals surface area contributed by atoms with Gasteiger partial charge < -0.3 is 4.90 Å². The highest BCUT2D eigenvalue weighted by Crippen LogP contribution is 2.24. The number of benzene rings is 1. The molecule has 2 heterocycles. The second kappa shape index (κ2) is 5.19. The lowest BCUT2D eigenvalue weighted by molar-refractivity contribution is 1.03. The first-order chi connectivity index (χ1) is 8.43. The van der Waals surface area contributed by atoms with E-state index in [9.17, 15) is 0 Å². The number of fused-ring (bicyclic) bond motifs is 1. The van der Waals surface area contributed by atoms with Crippen molar-refractivity contribution in [3.8, 4) is 0 Å². The molecule has 0 atom stereocenters. The Balaban J connectivity index is 1.93. The van der Waals surface area contributed by atoms with Crippen molar-refractivity contribution in [2.24, 2.45) is 0 Å². The minimum Gasteiger partial charge on any atom is -0.338 e. The van der Waals surface area contributed by atoms with Gasteiger partial charge in [-0.05, 0) is 18.2 Å². The number of rotatable bonds is 1. The molecule has 88 valence electrons. The highest BCUT2D eigenvalue weighted by atomic mass is 32.2. The maximum atomic E-state index is 4.74. The average Bonchev–Trinajstić information content (AvgIpc) is 2.67. The molecule has 0 amide bonds. The van der Waals surface area contributed by atoms with Crippen LogP contribution in [-0.4, -0.2) is 28.2 Å². The largest absolute Gasteiger partial charge is 0.338 e. The lowest BCUT2D eigenvalue weighted by Gasteiger charge is -2.20. The van der Waals surface area contributed by atoms with Crippen LogP contribution in [0.3, 0.4) is 0 Å². The normalized spacial score (nSPS) is 17.1. The zero-order valence-electron chi connectivity index (χ0n) is 9.50. The summed E-state index contributed by atoms with van der Waals surface area (Å²) in [5, 5.41) is 1.21. The van der Waals surface area contributed by atoms with Gasteiger partial charge in [-0.3, -0.25) is 0 Å². The summed E-state index contributed by atoms with van der Waals surface area (Å²) >= 11 is 3.98. The first kappa shape index (κ1) is 11.2. The minimum atomic E-state index is 1.05. The molecular formula is C13H14N2S2. The number of nitrogens with zero attached hydrogens (tertiary/aromatic N) is 2. The first-order valence-corrected chi connectivity index (χ1v) is 8.01. The summed E-state index contributed by atoms with van der Waals surface area (Å²) in [4.78, 5) is 7.10. The fourth-order valence-electron chi connectivity index (χ4n) is 1.87. The Hall–Kier alpha value is -0.870. The van der Waals surface area contributed by atoms with Crippen LogP contribution >= 0.6 is 23.5 Å². The fraction of sp³-hybridized carbons (Fsp3) is 0.308. The van der Waals surface area contributed by atoms with Crippen LogP contribution in [0.2, 0.25) is 0 Å². The van der Waals surface area contributed by atoms with Crippen molar-refractivity contribution in [1.29, 1.82) is 0 Å². The molecule has 1 saturated heterocycles. The van der Waals surface area contributed by atoms with Crippen LogP contribution in [0.25, 0.3) is 10.9 Å². The number of anilines is 1. The van der Waals surface area contributed by atoms with Crippen LogP contribution in [-0.2, 0) is 0 Å². The monoisotopic (exact) mass is 262 g/mol. The van der Waals surface area contributed by atoms with E-state index in [1.807, 2.05) is 29.6 Å². The second-order valence-corrected chi connectivity index (χ2v) is 6.13. The Morgan fingerprint density at radius 1 is 0.941 bits per heavy atom. The smallest absolute Gasteiger partial charge is 0.130 e. The number of para-hydroxylation sites is 1. The van der Waals surface area contributed by atoms with Crippen LogP contribution in [0.15, 0.2) is 36.4 Å². The van der Waals surface area contributed by atoms with Gasteiger partial charge in [0.15, 0.2) is 0 Å². The van der Waals surface area contributed by atoms with Crippen LogP contribution in [0.1, 0.15) is 0 Å². The molecule has 0 saturated carbocycles. The molecule has 1 aromatic carbocycles. The van der Waals surface area contributed by atoms with E-state index in [4.69, 9.17) is 4.98 Å². The molecule has 0 unspecified atom stereocenters. The van der Waals surface area contributed by atoms with Crippen molar-refractivity contribution in [3.05, 3.63) is 36.4 Å². The molecular weight excluding hydrogens is 248 g/mol. The lowest BCUT2D eigenvalue weighted by atomic mass is 10.2. The van der Waals surface area contributed by atoms with E-state index >= 15 is 0 Å². The summed E-state index contributed by atoms with van der Waals surface area (Å²) in [5.41, 5.74) is 1.09. The Labute approximate surface area is 110 Å². The van der Waals surface area contributed by atoms with Crippen LogP contribution < -0.4 is 4.90 Å². The number of pyridine rings is 1. The molecule has 0 aliphatic carbocycles. The van der Waals surface area contributed by atoms with Crippen molar-refractivity contribution in [2.75, 3.05) is 28.2 Å². The predicted molar refractivity (Wildman–Crippen MR) is 78.9 cm³/mol. The molecule has 1 fully saturated rings. The quantitative estimate of drug-likeness (QED) is 0.782. The van der Waals surface area contributed by atoms with Crippen molar-refractivity contribution < 1.29 is 0 Å². The van der Waals surface area contributed by atoms with Crippen molar-refractivity contribution >= 4 is 40.2 Å². The molecule has 2 nitrogen and oxygen atoms in total. The van der Waals surface area contributed by atoms with Gasteiger partial charge in [-0.25, -0.2) is 4.98 Å². The summed E-state index contributed by atoms with van der Waals surface area (Å²) in [6.07, 6.45) is 0. The standard InChI is InChI=1S/C13H14N2S2/c1-2-4-12-11(3-1)5-6-13(14-12)15-9-16-7-8-17-10-15/h1-6H,7-10H2. The molecule has 17 heavy (non-hydrogen) atoms. The highest BCUT2D eigenvalue weighted by Gasteiger charge is 2.11. The molecule has 3 rings (SSSR count). The SMILES string of the molecule is c1ccc2nc(N3CSCCSC3)ccc2c1. The number of aromatic nitrogens is 1. The summed E-state index contributed by atoms with van der Waals surface area (Å²) in [5.74, 6) is 5.70. The fourth-order valence-corrected chi connectivity index (χ4v) is 4.07. The number of thioether (sulfide) groups is 2. The molecule has 2 aromatic rings. The van der Waals surface area contributed by atoms with Crippen LogP contribution in [0, 0.1) is 0 Å². The number of hydrogen-bond acceptors (Lipinski definition) is 4. The number of hydrogen-bond donors (Lipinski definition) is 0. The van der Waals surface area contributed by atoms with E-state index in [-0.39, 0.29) is 0 Å². The molecule has 0 N–H and O–H groups in total. The summed E-state index contributed by atoms with van der Waals surface area (Å²) in [6, 6.07) is 12.6. The van der Waals surface area contributed by atoms with E-state index in [1.54, 1.807) is 0 Å². The van der Waals surface area contributed by atoms with E-state index in [1.165, 1.54) is 16.9 Å². The first-order valence-electron chi connectivity index (χ1n) is 5.70. The molecule has 0 bridgehead atoms. The lowest BCUT2D eigenvalue weighted by Crippen LogP contribution is -2.21. The third-order valence-corrected chi connectivity index (χ3v) is 5.01. The second-order valence-electron chi connectivity index (χ2n) is 3.98. The van der Waals surface area contributed by atoms with Gasteiger partial charge in [0.1, 0.15) is 5.82 Å². The van der Waals surface area contributed by atoms with E-state index < -0.39 is 0 Å². The summed E-state index contributed by atoms with van der Waals surface area (Å²) in [6.45, 7) is 0. The zero-order valence-corrected chi connectivity index (χ0v) is 11.1. The van der Waals surface area contributed by atoms with Crippen molar-refractivity contribution in [1.82, 2.24) is 4.98 Å². The molecule has 1 aliphatic heterocycles. The topological polar surface area (TPSA) is 16.1 Å². The summed E-state index contributed by atoms with van der Waals surface area (Å²) in [7, 11) is 0. The zero-order chi connectivity index (χ0) is 11.5. The molecule has 0 spiro atoms. The third-order valence-electron chi connectivity index (χ3n) is 2.77. The van der Waals surface area contributed by atoms with Crippen LogP contribution in [0.4, 0.5) is 5.82 Å². The van der Waals surface area contributed by atoms with Gasteiger partial charge in [0.05, 0.1) is 17.3 Å². The Morgan fingerprint density at radius 2 is 1.71 bits per heavy atom. The third kappa shape index (κ3) is 2.53. The molecule has 1 aliphatic rings. The average molecular weight is 262 g/mol. The van der Waals surface area contributed by atoms with Gasteiger partial charge in [0, 0.05) is 16.9 Å². The highest BCUT2D eigenvalue weighted by molar-refractivity contribution is 8.03. The van der Waals surface area contributed by atoms with Gasteiger partial charge >= 0.3 is 0 Å². The maximum absolute atomic E-state index is 4.74. The Kier molecular flexibility index (Phi) is 3.43. The maximum Gasteiger partial charge on any atom is 0.130 e. The van der Waals surface area contributed by atoms with Crippen molar-refractivity contribution in [3.63, 3.8) is 0 Å². The van der Waals surface area contributed by atoms with Crippen molar-refractivity contribution in [2.45, 2.75) is 0 Å². The van der Waals surface area contributed by atoms with E-state index in [0.717, 1.165) is 23.1 Å². The minimum absolute atomic E-state index is 1.05. The van der Waals surface area contributed by atoms with Gasteiger partial charge in [-0.2, -0.15) is 0 Å². The van der Waals surface area contributed by atoms with Gasteiger partial charge in [0.2, 0.25) is 0 Å². The van der Waals surface area contributed by atoms with Gasteiger partial charge in [-0.15, -0.1) is 23.5 Å². The molecule has 0 radical (unpaired) electrons. The Morgan fingerprint density at radius 3 is 2.53 bits per heavy atom. The van der Waals surface area contributed by atoms with E-state index in [2.05, 4.69) is 35.2 Å². The predicted octanol–water partition coefficient (Wildman–Crippen LogP) is 3.44. The van der Waals surface area contributed by atoms with Crippen LogP contribution in [0.5, 0.6) is 0 Å². The summed E-state index contributed by atoms with van der Waals surface area (Å²) < 4.78 is 0. The van der Waals surface area contributed by atoms with Gasteiger partial charge in [0.25, 0.3) is 0 Å². The Bertz CT molecular complexity index is 508. The molecule has 4 heteroatoms.